The highest BCUT2D eigenvalue weighted by Gasteiger charge is 2.31. The van der Waals surface area contributed by atoms with Crippen LogP contribution in [0.4, 0.5) is 10.6 Å². The number of hydrogen-bond donors (Lipinski definition) is 1. The van der Waals surface area contributed by atoms with Crippen molar-refractivity contribution in [1.82, 2.24) is 9.55 Å². The molecule has 2 heterocycles. The molecule has 0 unspecified atom stereocenters. The van der Waals surface area contributed by atoms with E-state index in [0.717, 1.165) is 19.3 Å². The zero-order valence-electron chi connectivity index (χ0n) is 14.4. The van der Waals surface area contributed by atoms with Gasteiger partial charge in [-0.3, -0.25) is 4.57 Å². The van der Waals surface area contributed by atoms with Crippen LogP contribution in [0.25, 0.3) is 0 Å². The summed E-state index contributed by atoms with van der Waals surface area (Å²) < 4.78 is 17.0. The summed E-state index contributed by atoms with van der Waals surface area (Å²) in [6.45, 7) is 2.51. The fourth-order valence-electron chi connectivity index (χ4n) is 2.37. The Bertz CT molecular complexity index is 610. The Morgan fingerprint density at radius 1 is 1.40 bits per heavy atom. The molecule has 2 N–H and O–H groups in total. The Labute approximate surface area is 151 Å². The number of unbranched alkanes of at least 4 members (excludes halogenated alkanes) is 5. The molecule has 1 aromatic heterocycles. The van der Waals surface area contributed by atoms with Gasteiger partial charge in [0, 0.05) is 11.9 Å². The number of anilines is 1. The van der Waals surface area contributed by atoms with Crippen molar-refractivity contribution in [1.29, 1.82) is 0 Å². The predicted octanol–water partition coefficient (Wildman–Crippen LogP) is 2.88. The molecule has 2 atom stereocenters. The minimum Gasteiger partial charge on any atom is -0.434 e. The lowest BCUT2D eigenvalue weighted by molar-refractivity contribution is -0.105. The number of nitrogen functional groups attached to an aromatic ring is 1. The normalized spacial score (nSPS) is 19.7. The lowest BCUT2D eigenvalue weighted by Gasteiger charge is -2.14. The number of aromatic nitrogens is 2. The van der Waals surface area contributed by atoms with Gasteiger partial charge in [0.2, 0.25) is 0 Å². The molecule has 1 fully saturated rings. The molecule has 25 heavy (non-hydrogen) atoms. The van der Waals surface area contributed by atoms with E-state index in [1.165, 1.54) is 47.9 Å². The van der Waals surface area contributed by atoms with E-state index in [1.54, 1.807) is 0 Å². The molecule has 0 bridgehead atoms. The van der Waals surface area contributed by atoms with Gasteiger partial charge >= 0.3 is 11.8 Å². The molecule has 1 aromatic rings. The van der Waals surface area contributed by atoms with Crippen LogP contribution in [0.15, 0.2) is 17.1 Å². The van der Waals surface area contributed by atoms with Gasteiger partial charge in [0.1, 0.15) is 5.82 Å². The van der Waals surface area contributed by atoms with Crippen LogP contribution in [-0.4, -0.2) is 33.7 Å². The van der Waals surface area contributed by atoms with Crippen molar-refractivity contribution >= 4 is 23.7 Å². The Morgan fingerprint density at radius 2 is 2.16 bits per heavy atom. The largest absolute Gasteiger partial charge is 0.511 e. The number of thioether (sulfide) groups is 1. The van der Waals surface area contributed by atoms with Crippen molar-refractivity contribution in [3.8, 4) is 0 Å². The van der Waals surface area contributed by atoms with E-state index >= 15 is 0 Å². The summed E-state index contributed by atoms with van der Waals surface area (Å²) in [6, 6.07) is 1.51. The number of rotatable bonds is 9. The van der Waals surface area contributed by atoms with Crippen LogP contribution < -0.4 is 11.4 Å². The fraction of sp³-hybridized carbons (Fsp3) is 0.688. The summed E-state index contributed by atoms with van der Waals surface area (Å²) in [6.07, 6.45) is 6.89. The summed E-state index contributed by atoms with van der Waals surface area (Å²) >= 11 is 1.28. The van der Waals surface area contributed by atoms with E-state index in [9.17, 15) is 9.59 Å². The second kappa shape index (κ2) is 10.3. The maximum atomic E-state index is 11.8. The standard InChI is InChI=1S/C16H25N3O5S/c1-2-3-4-5-6-7-10-22-15(21)24-16-23-13(11-25-16)19-9-8-12(17)18-14(19)20/h8-9,13,16H,2-7,10-11H2,1H3,(H2,17,18,20)/t13-,16-/m0/s1. The topological polar surface area (TPSA) is 106 Å². The monoisotopic (exact) mass is 371 g/mol. The maximum Gasteiger partial charge on any atom is 0.511 e. The molecule has 1 aliphatic rings. The fourth-order valence-corrected chi connectivity index (χ4v) is 3.29. The van der Waals surface area contributed by atoms with Crippen LogP contribution in [0.3, 0.4) is 0 Å². The summed E-state index contributed by atoms with van der Waals surface area (Å²) in [5.74, 6) is 0.610. The number of nitrogens with two attached hydrogens (primary N) is 1. The molecule has 0 saturated carbocycles. The van der Waals surface area contributed by atoms with Crippen molar-refractivity contribution < 1.29 is 19.0 Å². The minimum atomic E-state index is -0.800. The zero-order valence-corrected chi connectivity index (χ0v) is 15.2. The van der Waals surface area contributed by atoms with Gasteiger partial charge in [-0.05, 0) is 12.5 Å². The van der Waals surface area contributed by atoms with Crippen LogP contribution >= 0.6 is 11.8 Å². The van der Waals surface area contributed by atoms with E-state index in [0.29, 0.717) is 12.4 Å². The van der Waals surface area contributed by atoms with Gasteiger partial charge in [0.25, 0.3) is 5.62 Å². The second-order valence-electron chi connectivity index (χ2n) is 5.74. The third-order valence-corrected chi connectivity index (χ3v) is 4.67. The molecule has 0 aromatic carbocycles. The van der Waals surface area contributed by atoms with Gasteiger partial charge in [0.15, 0.2) is 6.23 Å². The van der Waals surface area contributed by atoms with E-state index in [-0.39, 0.29) is 5.82 Å². The zero-order chi connectivity index (χ0) is 18.1. The third-order valence-electron chi connectivity index (χ3n) is 3.72. The van der Waals surface area contributed by atoms with E-state index < -0.39 is 23.7 Å². The minimum absolute atomic E-state index is 0.151. The van der Waals surface area contributed by atoms with E-state index in [2.05, 4.69) is 11.9 Å². The van der Waals surface area contributed by atoms with E-state index in [1.807, 2.05) is 0 Å². The first-order chi connectivity index (χ1) is 12.1. The van der Waals surface area contributed by atoms with Gasteiger partial charge in [0.05, 0.1) is 6.61 Å². The molecular formula is C16H25N3O5S. The predicted molar refractivity (Wildman–Crippen MR) is 95.1 cm³/mol. The highest BCUT2D eigenvalue weighted by molar-refractivity contribution is 7.99. The first kappa shape index (κ1) is 19.6. The van der Waals surface area contributed by atoms with Crippen molar-refractivity contribution in [2.45, 2.75) is 57.3 Å². The molecule has 1 saturated heterocycles. The average molecular weight is 371 g/mol. The van der Waals surface area contributed by atoms with Crippen LogP contribution in [-0.2, 0) is 14.2 Å². The van der Waals surface area contributed by atoms with Crippen LogP contribution in [0, 0.1) is 0 Å². The van der Waals surface area contributed by atoms with Gasteiger partial charge in [-0.15, -0.1) is 0 Å². The highest BCUT2D eigenvalue weighted by atomic mass is 32.2. The molecule has 0 aliphatic carbocycles. The Morgan fingerprint density at radius 3 is 2.92 bits per heavy atom. The lowest BCUT2D eigenvalue weighted by atomic mass is 10.1. The first-order valence-corrected chi connectivity index (χ1v) is 9.60. The third kappa shape index (κ3) is 6.58. The van der Waals surface area contributed by atoms with Gasteiger partial charge in [-0.2, -0.15) is 4.98 Å². The van der Waals surface area contributed by atoms with Crippen LogP contribution in [0.1, 0.15) is 51.7 Å². The molecular weight excluding hydrogens is 346 g/mol. The van der Waals surface area contributed by atoms with Crippen LogP contribution in [0.2, 0.25) is 0 Å². The van der Waals surface area contributed by atoms with Crippen LogP contribution in [0.5, 0.6) is 0 Å². The highest BCUT2D eigenvalue weighted by Crippen LogP contribution is 2.31. The molecule has 140 valence electrons. The Balaban J connectivity index is 1.65. The summed E-state index contributed by atoms with van der Waals surface area (Å²) in [4.78, 5) is 27.1. The quantitative estimate of drug-likeness (QED) is 0.522. The van der Waals surface area contributed by atoms with Gasteiger partial charge in [-0.1, -0.05) is 50.8 Å². The lowest BCUT2D eigenvalue weighted by Crippen LogP contribution is -2.29. The average Bonchev–Trinajstić information content (AvgIpc) is 3.02. The molecule has 9 heteroatoms. The van der Waals surface area contributed by atoms with Crippen molar-refractivity contribution in [3.05, 3.63) is 22.7 Å². The smallest absolute Gasteiger partial charge is 0.434 e. The Hall–Kier alpha value is -1.74. The summed E-state index contributed by atoms with van der Waals surface area (Å²) in [7, 11) is 0. The second-order valence-corrected chi connectivity index (χ2v) is 6.79. The molecule has 2 rings (SSSR count). The van der Waals surface area contributed by atoms with Gasteiger partial charge in [-0.25, -0.2) is 9.59 Å². The molecule has 8 nitrogen and oxygen atoms in total. The number of carbonyl (C=O) groups is 1. The molecule has 0 spiro atoms. The summed E-state index contributed by atoms with van der Waals surface area (Å²) in [5, 5.41) is 0. The number of carbonyl (C=O) groups excluding carboxylic acids is 1. The molecule has 1 aliphatic heterocycles. The van der Waals surface area contributed by atoms with Crippen molar-refractivity contribution in [2.75, 3.05) is 18.1 Å². The SMILES string of the molecule is CCCCCCCCOC(=O)O[C@@H]1O[C@H](n2ccc(N)nc2=O)CS1. The molecule has 0 amide bonds. The first-order valence-electron chi connectivity index (χ1n) is 8.55. The molecule has 0 radical (unpaired) electrons. The number of ether oxygens (including phenoxy) is 3. The van der Waals surface area contributed by atoms with Gasteiger partial charge < -0.3 is 19.9 Å². The van der Waals surface area contributed by atoms with Crippen molar-refractivity contribution in [2.24, 2.45) is 0 Å². The maximum absolute atomic E-state index is 11.8. The number of nitrogens with zero attached hydrogens (tertiary/aromatic N) is 2. The Kier molecular flexibility index (Phi) is 8.07. The summed E-state index contributed by atoms with van der Waals surface area (Å²) in [5.41, 5.74) is 4.15. The van der Waals surface area contributed by atoms with Crippen molar-refractivity contribution in [3.63, 3.8) is 0 Å². The number of hydrogen-bond acceptors (Lipinski definition) is 8. The van der Waals surface area contributed by atoms with E-state index in [4.69, 9.17) is 19.9 Å².